The standard InChI is InChI=1S/C23H27BrN2O3/c1-5-6-11-25-21(28)17-16-9-7-13-12-14(24)8-10-15(13)26(16)19(18(17)22(25)29)20(27)23(2,3)4/h7-10,12,16-19H,5-6,11H2,1-4H3/t16-,17+,18-,19-/m1/s1. The Bertz CT molecular complexity index is 917. The zero-order valence-corrected chi connectivity index (χ0v) is 18.9. The molecule has 3 aliphatic rings. The van der Waals surface area contributed by atoms with E-state index in [1.807, 2.05) is 62.9 Å². The van der Waals surface area contributed by atoms with Crippen LogP contribution in [0.2, 0.25) is 0 Å². The smallest absolute Gasteiger partial charge is 0.235 e. The SMILES string of the molecule is CCCCN1C(=O)[C@@H]2[C@@H](C1=O)[C@H](C(=O)C(C)(C)C)N1c3ccc(Br)cc3C=C[C@H]21. The zero-order valence-electron chi connectivity index (χ0n) is 17.3. The Morgan fingerprint density at radius 3 is 2.48 bits per heavy atom. The number of amides is 2. The third-order valence-electron chi connectivity index (χ3n) is 6.30. The van der Waals surface area contributed by atoms with Crippen molar-refractivity contribution < 1.29 is 14.4 Å². The van der Waals surface area contributed by atoms with Crippen molar-refractivity contribution in [2.24, 2.45) is 17.3 Å². The highest BCUT2D eigenvalue weighted by atomic mass is 79.9. The first-order valence-corrected chi connectivity index (χ1v) is 11.1. The minimum atomic E-state index is -0.627. The van der Waals surface area contributed by atoms with Gasteiger partial charge in [-0.2, -0.15) is 0 Å². The number of hydrogen-bond acceptors (Lipinski definition) is 4. The molecule has 154 valence electrons. The molecule has 5 nitrogen and oxygen atoms in total. The Hall–Kier alpha value is -1.95. The molecule has 0 N–H and O–H groups in total. The quantitative estimate of drug-likeness (QED) is 0.638. The number of carbonyl (C=O) groups excluding carboxylic acids is 3. The van der Waals surface area contributed by atoms with Crippen molar-refractivity contribution in [2.75, 3.05) is 11.4 Å². The second-order valence-electron chi connectivity index (χ2n) is 9.25. The van der Waals surface area contributed by atoms with Crippen molar-refractivity contribution in [3.63, 3.8) is 0 Å². The van der Waals surface area contributed by atoms with E-state index < -0.39 is 23.3 Å². The van der Waals surface area contributed by atoms with Crippen LogP contribution >= 0.6 is 15.9 Å². The molecule has 0 saturated carbocycles. The van der Waals surface area contributed by atoms with E-state index in [9.17, 15) is 14.4 Å². The molecule has 0 spiro atoms. The fourth-order valence-corrected chi connectivity index (χ4v) is 5.26. The van der Waals surface area contributed by atoms with Crippen LogP contribution in [0.3, 0.4) is 0 Å². The number of imide groups is 1. The van der Waals surface area contributed by atoms with Gasteiger partial charge in [-0.3, -0.25) is 19.3 Å². The molecule has 29 heavy (non-hydrogen) atoms. The fraction of sp³-hybridized carbons (Fsp3) is 0.522. The molecular weight excluding hydrogens is 432 g/mol. The van der Waals surface area contributed by atoms with E-state index in [2.05, 4.69) is 15.9 Å². The third-order valence-corrected chi connectivity index (χ3v) is 6.80. The maximum absolute atomic E-state index is 13.6. The number of carbonyl (C=O) groups is 3. The number of ketones is 1. The van der Waals surface area contributed by atoms with E-state index in [0.29, 0.717) is 6.54 Å². The zero-order chi connectivity index (χ0) is 21.1. The van der Waals surface area contributed by atoms with Gasteiger partial charge in [-0.1, -0.05) is 62.2 Å². The van der Waals surface area contributed by atoms with Gasteiger partial charge in [-0.15, -0.1) is 0 Å². The van der Waals surface area contributed by atoms with Gasteiger partial charge in [0.25, 0.3) is 0 Å². The molecule has 0 bridgehead atoms. The van der Waals surface area contributed by atoms with Gasteiger partial charge in [-0.25, -0.2) is 0 Å². The van der Waals surface area contributed by atoms with E-state index in [1.165, 1.54) is 4.90 Å². The third kappa shape index (κ3) is 3.07. The highest BCUT2D eigenvalue weighted by molar-refractivity contribution is 9.10. The first-order chi connectivity index (χ1) is 13.7. The van der Waals surface area contributed by atoms with Crippen molar-refractivity contribution >= 4 is 45.3 Å². The fourth-order valence-electron chi connectivity index (χ4n) is 4.89. The van der Waals surface area contributed by atoms with Crippen molar-refractivity contribution in [3.05, 3.63) is 34.3 Å². The minimum Gasteiger partial charge on any atom is -0.353 e. The molecule has 0 aromatic heterocycles. The molecule has 2 fully saturated rings. The number of halogens is 1. The molecule has 4 rings (SSSR count). The summed E-state index contributed by atoms with van der Waals surface area (Å²) in [7, 11) is 0. The molecule has 6 heteroatoms. The lowest BCUT2D eigenvalue weighted by Crippen LogP contribution is -2.51. The van der Waals surface area contributed by atoms with Gasteiger partial charge in [0.05, 0.1) is 17.9 Å². The van der Waals surface area contributed by atoms with E-state index >= 15 is 0 Å². The summed E-state index contributed by atoms with van der Waals surface area (Å²) in [6.07, 6.45) is 5.70. The van der Waals surface area contributed by atoms with Gasteiger partial charge >= 0.3 is 0 Å². The van der Waals surface area contributed by atoms with Crippen LogP contribution in [0.25, 0.3) is 6.08 Å². The molecule has 0 aliphatic carbocycles. The molecule has 2 amide bonds. The number of nitrogens with zero attached hydrogens (tertiary/aromatic N) is 2. The van der Waals surface area contributed by atoms with Gasteiger partial charge < -0.3 is 4.90 Å². The number of fused-ring (bicyclic) bond motifs is 5. The second-order valence-corrected chi connectivity index (χ2v) is 10.2. The largest absolute Gasteiger partial charge is 0.353 e. The number of anilines is 1. The monoisotopic (exact) mass is 458 g/mol. The Balaban J connectivity index is 1.83. The maximum atomic E-state index is 13.6. The highest BCUT2D eigenvalue weighted by Gasteiger charge is 2.64. The second kappa shape index (κ2) is 7.08. The Kier molecular flexibility index (Phi) is 4.96. The summed E-state index contributed by atoms with van der Waals surface area (Å²) in [6.45, 7) is 8.14. The molecule has 0 unspecified atom stereocenters. The average Bonchev–Trinajstić information content (AvgIpc) is 3.12. The lowest BCUT2D eigenvalue weighted by atomic mass is 9.79. The summed E-state index contributed by atoms with van der Waals surface area (Å²) >= 11 is 3.50. The first kappa shape index (κ1) is 20.3. The van der Waals surface area contributed by atoms with E-state index in [4.69, 9.17) is 0 Å². The molecule has 1 aromatic carbocycles. The number of unbranched alkanes of at least 4 members (excludes halogenated alkanes) is 1. The lowest BCUT2D eigenvalue weighted by Gasteiger charge is -2.38. The average molecular weight is 459 g/mol. The Morgan fingerprint density at radius 2 is 1.83 bits per heavy atom. The number of benzene rings is 1. The Labute approximate surface area is 180 Å². The maximum Gasteiger partial charge on any atom is 0.235 e. The van der Waals surface area contributed by atoms with Crippen LogP contribution in [0.5, 0.6) is 0 Å². The van der Waals surface area contributed by atoms with Gasteiger partial charge in [0.15, 0.2) is 5.78 Å². The van der Waals surface area contributed by atoms with Crippen LogP contribution in [0.4, 0.5) is 5.69 Å². The topological polar surface area (TPSA) is 57.7 Å². The lowest BCUT2D eigenvalue weighted by molar-refractivity contribution is -0.142. The highest BCUT2D eigenvalue weighted by Crippen LogP contribution is 2.50. The van der Waals surface area contributed by atoms with Crippen molar-refractivity contribution in [1.29, 1.82) is 0 Å². The summed E-state index contributed by atoms with van der Waals surface area (Å²) in [5.74, 6) is -1.41. The summed E-state index contributed by atoms with van der Waals surface area (Å²) in [6, 6.07) is 5.03. The summed E-state index contributed by atoms with van der Waals surface area (Å²) in [5.41, 5.74) is 1.30. The van der Waals surface area contributed by atoms with E-state index in [0.717, 1.165) is 28.6 Å². The number of hydrogen-bond donors (Lipinski definition) is 0. The minimum absolute atomic E-state index is 0.0117. The first-order valence-electron chi connectivity index (χ1n) is 10.3. The van der Waals surface area contributed by atoms with Gasteiger partial charge in [-0.05, 0) is 30.2 Å². The van der Waals surface area contributed by atoms with Crippen molar-refractivity contribution in [2.45, 2.75) is 52.6 Å². The van der Waals surface area contributed by atoms with Crippen LogP contribution in [-0.2, 0) is 14.4 Å². The molecule has 4 atom stereocenters. The normalized spacial score (nSPS) is 27.9. The number of Topliss-reactive ketones (excluding diaryl/α,β-unsaturated/α-hetero) is 1. The van der Waals surface area contributed by atoms with Gasteiger partial charge in [0, 0.05) is 22.1 Å². The molecule has 3 heterocycles. The van der Waals surface area contributed by atoms with E-state index in [1.54, 1.807) is 0 Å². The van der Waals surface area contributed by atoms with Crippen LogP contribution in [0, 0.1) is 17.3 Å². The van der Waals surface area contributed by atoms with Crippen LogP contribution in [-0.4, -0.2) is 41.1 Å². The predicted octanol–water partition coefficient (Wildman–Crippen LogP) is 4.05. The summed E-state index contributed by atoms with van der Waals surface area (Å²) in [5, 5.41) is 0. The predicted molar refractivity (Wildman–Crippen MR) is 116 cm³/mol. The van der Waals surface area contributed by atoms with Crippen LogP contribution < -0.4 is 4.90 Å². The molecular formula is C23H27BrN2O3. The van der Waals surface area contributed by atoms with Crippen molar-refractivity contribution in [3.8, 4) is 0 Å². The van der Waals surface area contributed by atoms with Crippen molar-refractivity contribution in [1.82, 2.24) is 4.90 Å². The van der Waals surface area contributed by atoms with Crippen LogP contribution in [0.1, 0.15) is 46.1 Å². The van der Waals surface area contributed by atoms with Crippen LogP contribution in [0.15, 0.2) is 28.7 Å². The molecule has 1 aromatic rings. The van der Waals surface area contributed by atoms with Gasteiger partial charge in [0.2, 0.25) is 11.8 Å². The number of rotatable bonds is 4. The summed E-state index contributed by atoms with van der Waals surface area (Å²) < 4.78 is 0.954. The molecule has 2 saturated heterocycles. The molecule has 3 aliphatic heterocycles. The van der Waals surface area contributed by atoms with Gasteiger partial charge in [0.1, 0.15) is 6.04 Å². The summed E-state index contributed by atoms with van der Waals surface area (Å²) in [4.78, 5) is 43.6. The molecule has 0 radical (unpaired) electrons. The van der Waals surface area contributed by atoms with E-state index in [-0.39, 0.29) is 23.6 Å². The Morgan fingerprint density at radius 1 is 1.14 bits per heavy atom. The number of likely N-dealkylation sites (tertiary alicyclic amines) is 1.